The first-order valence-corrected chi connectivity index (χ1v) is 13.5. The third-order valence-electron chi connectivity index (χ3n) is 8.92. The van der Waals surface area contributed by atoms with Crippen LogP contribution in [-0.4, -0.2) is 40.5 Å². The summed E-state index contributed by atoms with van der Waals surface area (Å²) >= 11 is 0. The minimum atomic E-state index is -0.493. The first-order valence-electron chi connectivity index (χ1n) is 13.5. The number of hydrogen-bond donors (Lipinski definition) is 0. The summed E-state index contributed by atoms with van der Waals surface area (Å²) in [6.07, 6.45) is 6.20. The van der Waals surface area contributed by atoms with Gasteiger partial charge in [0.1, 0.15) is 11.4 Å². The van der Waals surface area contributed by atoms with E-state index in [2.05, 4.69) is 18.2 Å². The molecule has 190 valence electrons. The van der Waals surface area contributed by atoms with E-state index in [9.17, 15) is 10.1 Å². The highest BCUT2D eigenvalue weighted by Crippen LogP contribution is 2.44. The second-order valence-corrected chi connectivity index (χ2v) is 12.1. The maximum absolute atomic E-state index is 13.5. The van der Waals surface area contributed by atoms with Crippen molar-refractivity contribution in [1.29, 1.82) is 5.26 Å². The van der Waals surface area contributed by atoms with Gasteiger partial charge in [-0.05, 0) is 81.6 Å². The molecule has 1 spiro atoms. The zero-order chi connectivity index (χ0) is 26.0. The molecule has 7 heteroatoms. The Morgan fingerprint density at radius 3 is 2.27 bits per heavy atom. The summed E-state index contributed by atoms with van der Waals surface area (Å²) in [6.45, 7) is 8.70. The summed E-state index contributed by atoms with van der Waals surface area (Å²) in [5.41, 5.74) is 3.02. The molecule has 0 atom stereocenters. The number of carbonyl (C=O) groups is 1. The van der Waals surface area contributed by atoms with Crippen LogP contribution in [0.5, 0.6) is 0 Å². The number of aliphatic imine (C=N–C) groups is 1. The van der Waals surface area contributed by atoms with Gasteiger partial charge in [-0.15, -0.1) is 0 Å². The Morgan fingerprint density at radius 2 is 1.68 bits per heavy atom. The Balaban J connectivity index is 1.25. The minimum absolute atomic E-state index is 0.192. The Labute approximate surface area is 219 Å². The van der Waals surface area contributed by atoms with Gasteiger partial charge in [-0.1, -0.05) is 49.2 Å². The number of carbonyl (C=O) groups excluding carboxylic acids is 1. The van der Waals surface area contributed by atoms with E-state index in [0.29, 0.717) is 18.0 Å². The van der Waals surface area contributed by atoms with E-state index < -0.39 is 23.9 Å². The maximum atomic E-state index is 13.5. The minimum Gasteiger partial charge on any atom is -0.399 e. The van der Waals surface area contributed by atoms with E-state index in [1.165, 1.54) is 0 Å². The molecular formula is C30H34BN3O3. The van der Waals surface area contributed by atoms with Crippen molar-refractivity contribution in [3.8, 4) is 17.2 Å². The summed E-state index contributed by atoms with van der Waals surface area (Å²) < 4.78 is 12.5. The van der Waals surface area contributed by atoms with Crippen molar-refractivity contribution in [3.05, 3.63) is 53.6 Å². The van der Waals surface area contributed by atoms with Crippen LogP contribution in [0.25, 0.3) is 11.1 Å². The standard InChI is InChI=1S/C30H34BN3O3/c1-28(2)29(3,4)37-31(36-28)24-14-13-23(18-32)25(17-24)21-9-7-20(8-10-21)19-34-26(22-11-12-22)33-30(27(34)35)15-5-6-16-30/h7-10,13-14,17,22H,5-6,11-12,15-16,19H2,1-4H3. The number of nitrogens with zero attached hydrogens (tertiary/aromatic N) is 3. The van der Waals surface area contributed by atoms with E-state index in [1.807, 2.05) is 62.9 Å². The lowest BCUT2D eigenvalue weighted by molar-refractivity contribution is -0.131. The first-order chi connectivity index (χ1) is 17.6. The van der Waals surface area contributed by atoms with Gasteiger partial charge in [-0.2, -0.15) is 5.26 Å². The third-order valence-corrected chi connectivity index (χ3v) is 8.92. The van der Waals surface area contributed by atoms with Gasteiger partial charge < -0.3 is 9.31 Å². The van der Waals surface area contributed by atoms with Crippen LogP contribution in [0.15, 0.2) is 47.5 Å². The fraction of sp³-hybridized carbons (Fsp3) is 0.500. The second kappa shape index (κ2) is 8.54. The Bertz CT molecular complexity index is 1300. The van der Waals surface area contributed by atoms with Gasteiger partial charge >= 0.3 is 7.12 Å². The van der Waals surface area contributed by atoms with E-state index in [1.54, 1.807) is 0 Å². The highest BCUT2D eigenvalue weighted by molar-refractivity contribution is 6.62. The van der Waals surface area contributed by atoms with Gasteiger partial charge in [0.05, 0.1) is 29.4 Å². The fourth-order valence-electron chi connectivity index (χ4n) is 5.77. The van der Waals surface area contributed by atoms with Crippen molar-refractivity contribution in [3.63, 3.8) is 0 Å². The Hall–Kier alpha value is -2.95. The molecule has 4 aliphatic rings. The molecule has 2 aliphatic carbocycles. The summed E-state index contributed by atoms with van der Waals surface area (Å²) in [5, 5.41) is 9.79. The Kier molecular flexibility index (Phi) is 5.63. The molecule has 2 aliphatic heterocycles. The molecule has 6 nitrogen and oxygen atoms in total. The lowest BCUT2D eigenvalue weighted by atomic mass is 9.77. The van der Waals surface area contributed by atoms with E-state index in [0.717, 1.165) is 66.5 Å². The SMILES string of the molecule is CC1(C)OB(c2ccc(C#N)c(-c3ccc(CN4C(=O)C5(CCCC5)N=C4C4CC4)cc3)c2)OC1(C)C. The predicted octanol–water partition coefficient (Wildman–Crippen LogP) is 4.99. The zero-order valence-corrected chi connectivity index (χ0v) is 22.2. The molecule has 0 bridgehead atoms. The first kappa shape index (κ1) is 24.4. The van der Waals surface area contributed by atoms with Gasteiger partial charge in [0, 0.05) is 5.92 Å². The lowest BCUT2D eigenvalue weighted by Crippen LogP contribution is -2.41. The maximum Gasteiger partial charge on any atom is 0.494 e. The van der Waals surface area contributed by atoms with Gasteiger partial charge in [0.15, 0.2) is 0 Å². The highest BCUT2D eigenvalue weighted by atomic mass is 16.7. The molecule has 0 N–H and O–H groups in total. The number of rotatable bonds is 5. The predicted molar refractivity (Wildman–Crippen MR) is 144 cm³/mol. The molecule has 0 radical (unpaired) electrons. The molecule has 1 amide bonds. The summed E-state index contributed by atoms with van der Waals surface area (Å²) in [5.74, 6) is 1.65. The third kappa shape index (κ3) is 4.11. The second-order valence-electron chi connectivity index (χ2n) is 12.1. The van der Waals surface area contributed by atoms with Crippen LogP contribution in [0.4, 0.5) is 0 Å². The molecule has 2 saturated carbocycles. The van der Waals surface area contributed by atoms with Crippen molar-refractivity contribution >= 4 is 24.3 Å². The van der Waals surface area contributed by atoms with Gasteiger partial charge in [-0.25, -0.2) is 0 Å². The number of amidine groups is 1. The average Bonchev–Trinajstić information content (AvgIpc) is 3.49. The molecule has 2 heterocycles. The molecule has 6 rings (SSSR count). The van der Waals surface area contributed by atoms with E-state index in [-0.39, 0.29) is 5.91 Å². The number of amides is 1. The quantitative estimate of drug-likeness (QED) is 0.548. The number of hydrogen-bond acceptors (Lipinski definition) is 5. The smallest absolute Gasteiger partial charge is 0.399 e. The Morgan fingerprint density at radius 1 is 1.03 bits per heavy atom. The molecule has 37 heavy (non-hydrogen) atoms. The average molecular weight is 495 g/mol. The molecule has 1 saturated heterocycles. The summed E-state index contributed by atoms with van der Waals surface area (Å²) in [6, 6.07) is 16.3. The topological polar surface area (TPSA) is 74.9 Å². The van der Waals surface area contributed by atoms with E-state index >= 15 is 0 Å². The molecule has 0 unspecified atom stereocenters. The van der Waals surface area contributed by atoms with Crippen molar-refractivity contribution in [1.82, 2.24) is 4.90 Å². The normalized spacial score (nSPS) is 23.5. The van der Waals surface area contributed by atoms with Gasteiger partial charge in [0.25, 0.3) is 5.91 Å². The van der Waals surface area contributed by atoms with Gasteiger partial charge in [0.2, 0.25) is 0 Å². The zero-order valence-electron chi connectivity index (χ0n) is 22.2. The van der Waals surface area contributed by atoms with Crippen LogP contribution in [0, 0.1) is 17.2 Å². The summed E-state index contributed by atoms with van der Waals surface area (Å²) in [4.78, 5) is 20.4. The van der Waals surface area contributed by atoms with Crippen LogP contribution < -0.4 is 5.46 Å². The molecule has 2 aromatic rings. The largest absolute Gasteiger partial charge is 0.494 e. The van der Waals surface area contributed by atoms with E-state index in [4.69, 9.17) is 14.3 Å². The molecule has 0 aromatic heterocycles. The number of nitriles is 1. The fourth-order valence-corrected chi connectivity index (χ4v) is 5.77. The van der Waals surface area contributed by atoms with Crippen molar-refractivity contribution in [2.75, 3.05) is 0 Å². The van der Waals surface area contributed by atoms with Crippen molar-refractivity contribution < 1.29 is 14.1 Å². The van der Waals surface area contributed by atoms with Crippen LogP contribution in [0.1, 0.15) is 77.3 Å². The van der Waals surface area contributed by atoms with Crippen LogP contribution >= 0.6 is 0 Å². The monoisotopic (exact) mass is 495 g/mol. The molecule has 2 aromatic carbocycles. The van der Waals surface area contributed by atoms with Crippen LogP contribution in [-0.2, 0) is 20.6 Å². The van der Waals surface area contributed by atoms with Crippen molar-refractivity contribution in [2.24, 2.45) is 10.9 Å². The highest BCUT2D eigenvalue weighted by Gasteiger charge is 2.53. The summed E-state index contributed by atoms with van der Waals surface area (Å²) in [7, 11) is -0.486. The van der Waals surface area contributed by atoms with Crippen LogP contribution in [0.2, 0.25) is 0 Å². The number of benzene rings is 2. The van der Waals surface area contributed by atoms with Crippen molar-refractivity contribution in [2.45, 2.75) is 89.5 Å². The van der Waals surface area contributed by atoms with Crippen LogP contribution in [0.3, 0.4) is 0 Å². The molecular weight excluding hydrogens is 461 g/mol. The lowest BCUT2D eigenvalue weighted by Gasteiger charge is -2.32. The van der Waals surface area contributed by atoms with Gasteiger partial charge in [-0.3, -0.25) is 14.7 Å². The molecule has 3 fully saturated rings.